The molecule has 0 atom stereocenters. The van der Waals surface area contributed by atoms with Gasteiger partial charge in [-0.3, -0.25) is 0 Å². The molecule has 3 aromatic rings. The van der Waals surface area contributed by atoms with Gasteiger partial charge in [-0.1, -0.05) is 0 Å². The average Bonchev–Trinajstić information content (AvgIpc) is 2.87. The van der Waals surface area contributed by atoms with Crippen LogP contribution in [-0.2, 0) is 0 Å². The molecule has 0 saturated carbocycles. The fourth-order valence-corrected chi connectivity index (χ4v) is 5.42. The first-order valence-electron chi connectivity index (χ1n) is 6.23. The summed E-state index contributed by atoms with van der Waals surface area (Å²) in [6.07, 6.45) is 0. The Morgan fingerprint density at radius 3 is 1.95 bits per heavy atom. The SMILES string of the molecule is Oc1ccc(-c2cc(Br)c(-c3ccc(O)c(F)c3)[se]2)cc1F. The first-order valence-corrected chi connectivity index (χ1v) is 8.73. The van der Waals surface area contributed by atoms with Crippen molar-refractivity contribution in [2.45, 2.75) is 0 Å². The molecule has 0 aliphatic carbocycles. The van der Waals surface area contributed by atoms with Gasteiger partial charge in [0, 0.05) is 0 Å². The zero-order chi connectivity index (χ0) is 15.9. The van der Waals surface area contributed by atoms with E-state index in [0.29, 0.717) is 11.1 Å². The molecule has 0 fully saturated rings. The summed E-state index contributed by atoms with van der Waals surface area (Å²) in [7, 11) is 0. The normalized spacial score (nSPS) is 10.9. The zero-order valence-electron chi connectivity index (χ0n) is 11.0. The Balaban J connectivity index is 2.06. The van der Waals surface area contributed by atoms with Crippen LogP contribution in [0.4, 0.5) is 8.78 Å². The molecular formula is C16H9BrF2O2Se. The molecule has 0 radical (unpaired) electrons. The topological polar surface area (TPSA) is 40.5 Å². The summed E-state index contributed by atoms with van der Waals surface area (Å²) in [6.45, 7) is 0. The van der Waals surface area contributed by atoms with Gasteiger partial charge in [-0.2, -0.15) is 0 Å². The summed E-state index contributed by atoms with van der Waals surface area (Å²) in [5.41, 5.74) is 1.36. The number of halogens is 3. The van der Waals surface area contributed by atoms with Crippen LogP contribution in [0.1, 0.15) is 0 Å². The second-order valence-corrected chi connectivity index (χ2v) is 7.68. The Labute approximate surface area is 139 Å². The van der Waals surface area contributed by atoms with E-state index in [0.717, 1.165) is 13.3 Å². The molecule has 22 heavy (non-hydrogen) atoms. The number of aromatic hydroxyl groups is 2. The summed E-state index contributed by atoms with van der Waals surface area (Å²) >= 11 is 3.30. The predicted octanol–water partition coefficient (Wildman–Crippen LogP) is 4.53. The van der Waals surface area contributed by atoms with Crippen LogP contribution in [0, 0.1) is 11.6 Å². The van der Waals surface area contributed by atoms with E-state index >= 15 is 0 Å². The Hall–Kier alpha value is -1.62. The van der Waals surface area contributed by atoms with Gasteiger partial charge >= 0.3 is 139 Å². The maximum absolute atomic E-state index is 13.5. The number of hydrogen-bond acceptors (Lipinski definition) is 2. The first-order chi connectivity index (χ1) is 10.5. The van der Waals surface area contributed by atoms with E-state index < -0.39 is 11.6 Å². The van der Waals surface area contributed by atoms with Crippen molar-refractivity contribution in [1.29, 1.82) is 0 Å². The third-order valence-corrected chi connectivity index (χ3v) is 6.93. The van der Waals surface area contributed by atoms with Gasteiger partial charge in [0.1, 0.15) is 0 Å². The van der Waals surface area contributed by atoms with E-state index in [1.165, 1.54) is 24.3 Å². The van der Waals surface area contributed by atoms with E-state index in [1.54, 1.807) is 12.1 Å². The van der Waals surface area contributed by atoms with Crippen LogP contribution in [0.15, 0.2) is 46.9 Å². The van der Waals surface area contributed by atoms with Crippen LogP contribution in [0.2, 0.25) is 0 Å². The second kappa shape index (κ2) is 5.88. The second-order valence-electron chi connectivity index (χ2n) is 4.62. The number of benzene rings is 2. The summed E-state index contributed by atoms with van der Waals surface area (Å²) in [5, 5.41) is 18.5. The van der Waals surface area contributed by atoms with Gasteiger partial charge in [-0.05, 0) is 0 Å². The molecule has 2 aromatic carbocycles. The van der Waals surface area contributed by atoms with E-state index in [4.69, 9.17) is 0 Å². The van der Waals surface area contributed by atoms with E-state index in [9.17, 15) is 19.0 Å². The molecule has 0 unspecified atom stereocenters. The monoisotopic (exact) mass is 430 g/mol. The van der Waals surface area contributed by atoms with Crippen molar-refractivity contribution in [1.82, 2.24) is 0 Å². The molecule has 2 nitrogen and oxygen atoms in total. The van der Waals surface area contributed by atoms with Crippen LogP contribution in [0.3, 0.4) is 0 Å². The number of phenols is 2. The first kappa shape index (κ1) is 15.3. The van der Waals surface area contributed by atoms with Crippen molar-refractivity contribution < 1.29 is 19.0 Å². The minimum absolute atomic E-state index is 0.147. The fraction of sp³-hybridized carbons (Fsp3) is 0. The molecular weight excluding hydrogens is 421 g/mol. The Bertz CT molecular complexity index is 861. The van der Waals surface area contributed by atoms with E-state index in [1.807, 2.05) is 6.07 Å². The Morgan fingerprint density at radius 2 is 1.36 bits per heavy atom. The van der Waals surface area contributed by atoms with Gasteiger partial charge in [0.15, 0.2) is 0 Å². The van der Waals surface area contributed by atoms with Gasteiger partial charge in [-0.15, -0.1) is 0 Å². The van der Waals surface area contributed by atoms with Gasteiger partial charge in [0.05, 0.1) is 0 Å². The molecule has 0 saturated heterocycles. The van der Waals surface area contributed by atoms with Crippen molar-refractivity contribution in [3.05, 3.63) is 58.6 Å². The van der Waals surface area contributed by atoms with Crippen LogP contribution in [0.25, 0.3) is 20.0 Å². The Kier molecular flexibility index (Phi) is 4.08. The molecule has 1 heterocycles. The minimum atomic E-state index is -0.676. The number of rotatable bonds is 2. The predicted molar refractivity (Wildman–Crippen MR) is 85.2 cm³/mol. The third-order valence-electron chi connectivity index (χ3n) is 3.13. The summed E-state index contributed by atoms with van der Waals surface area (Å²) in [6, 6.07) is 10.3. The maximum atomic E-state index is 13.5. The molecule has 112 valence electrons. The van der Waals surface area contributed by atoms with Crippen molar-refractivity contribution in [2.24, 2.45) is 0 Å². The molecule has 0 aliphatic rings. The van der Waals surface area contributed by atoms with Crippen molar-refractivity contribution >= 4 is 30.4 Å². The molecule has 6 heteroatoms. The molecule has 0 aliphatic heterocycles. The number of phenolic OH excluding ortho intramolecular Hbond substituents is 2. The van der Waals surface area contributed by atoms with Gasteiger partial charge in [0.2, 0.25) is 0 Å². The van der Waals surface area contributed by atoms with Crippen LogP contribution in [-0.4, -0.2) is 24.7 Å². The van der Waals surface area contributed by atoms with Crippen LogP contribution in [0.5, 0.6) is 11.5 Å². The molecule has 3 rings (SSSR count). The van der Waals surface area contributed by atoms with Gasteiger partial charge < -0.3 is 0 Å². The van der Waals surface area contributed by atoms with Crippen molar-refractivity contribution in [3.8, 4) is 31.5 Å². The van der Waals surface area contributed by atoms with Crippen molar-refractivity contribution in [2.75, 3.05) is 0 Å². The van der Waals surface area contributed by atoms with E-state index in [-0.39, 0.29) is 26.0 Å². The summed E-state index contributed by atoms with van der Waals surface area (Å²) < 4.78 is 29.6. The van der Waals surface area contributed by atoms with Crippen LogP contribution < -0.4 is 0 Å². The molecule has 0 amide bonds. The Morgan fingerprint density at radius 1 is 0.818 bits per heavy atom. The van der Waals surface area contributed by atoms with Crippen molar-refractivity contribution in [3.63, 3.8) is 0 Å². The molecule has 0 spiro atoms. The summed E-state index contributed by atoms with van der Waals surface area (Å²) in [5.74, 6) is -2.12. The van der Waals surface area contributed by atoms with Crippen LogP contribution >= 0.6 is 15.9 Å². The standard InChI is InChI=1S/C16H9BrF2O2Se/c17-10-7-15(8-1-3-13(20)11(18)5-8)22-16(10)9-2-4-14(21)12(19)6-9/h1-7,20-21H. The van der Waals surface area contributed by atoms with Gasteiger partial charge in [-0.25, -0.2) is 0 Å². The summed E-state index contributed by atoms with van der Waals surface area (Å²) in [4.78, 5) is 0. The molecule has 1 aromatic heterocycles. The van der Waals surface area contributed by atoms with E-state index in [2.05, 4.69) is 15.9 Å². The number of hydrogen-bond donors (Lipinski definition) is 2. The molecule has 0 bridgehead atoms. The molecule has 2 N–H and O–H groups in total. The third kappa shape index (κ3) is 2.82. The quantitative estimate of drug-likeness (QED) is 0.587. The fourth-order valence-electron chi connectivity index (χ4n) is 2.02. The average molecular weight is 430 g/mol. The van der Waals surface area contributed by atoms with Gasteiger partial charge in [0.25, 0.3) is 0 Å². The zero-order valence-corrected chi connectivity index (χ0v) is 14.3.